The maximum Gasteiger partial charge on any atom is 0.295 e. The molecule has 1 heterocycles. The third-order valence-electron chi connectivity index (χ3n) is 4.64. The summed E-state index contributed by atoms with van der Waals surface area (Å²) in [7, 11) is 1.37. The number of aliphatic hydroxyl groups excluding tert-OH is 2. The summed E-state index contributed by atoms with van der Waals surface area (Å²) in [5.74, 6) is -2.02. The molecule has 3 N–H and O–H groups in total. The number of benzene rings is 2. The Balaban J connectivity index is 2.21. The van der Waals surface area contributed by atoms with Crippen LogP contribution in [0.25, 0.3) is 5.76 Å². The number of Topliss-reactive ketones (excluding diaryl/α,β-unsaturated/α-hetero) is 1. The minimum atomic E-state index is -0.963. The molecule has 8 heteroatoms. The van der Waals surface area contributed by atoms with Crippen LogP contribution in [-0.4, -0.2) is 51.7 Å². The van der Waals surface area contributed by atoms with Crippen LogP contribution < -0.4 is 4.74 Å². The smallest absolute Gasteiger partial charge is 0.295 e. The van der Waals surface area contributed by atoms with E-state index < -0.39 is 23.8 Å². The van der Waals surface area contributed by atoms with E-state index in [0.29, 0.717) is 16.1 Å². The number of amides is 1. The van der Waals surface area contributed by atoms with Gasteiger partial charge >= 0.3 is 0 Å². The number of rotatable bonds is 5. The summed E-state index contributed by atoms with van der Waals surface area (Å²) in [6.07, 6.45) is -0.898. The fraction of sp³-hybridized carbons (Fsp3) is 0.238. The molecule has 0 saturated carbocycles. The number of carbonyl (C=O) groups is 2. The predicted molar refractivity (Wildman–Crippen MR) is 107 cm³/mol. The molecule has 1 aliphatic rings. The Kier molecular flexibility index (Phi) is 5.81. The molecular formula is C21H20ClNO6. The molecule has 2 aromatic carbocycles. The van der Waals surface area contributed by atoms with E-state index >= 15 is 0 Å². The lowest BCUT2D eigenvalue weighted by atomic mass is 9.95. The first-order valence-corrected chi connectivity index (χ1v) is 9.21. The van der Waals surface area contributed by atoms with Gasteiger partial charge in [0.1, 0.15) is 5.76 Å². The molecule has 0 aromatic heterocycles. The van der Waals surface area contributed by atoms with Crippen LogP contribution in [0.1, 0.15) is 24.1 Å². The van der Waals surface area contributed by atoms with E-state index in [4.69, 9.17) is 16.3 Å². The van der Waals surface area contributed by atoms with Crippen molar-refractivity contribution in [3.63, 3.8) is 0 Å². The number of aromatic hydroxyl groups is 1. The Bertz CT molecular complexity index is 983. The molecule has 1 amide bonds. The molecule has 152 valence electrons. The quantitative estimate of drug-likeness (QED) is 0.392. The lowest BCUT2D eigenvalue weighted by Crippen LogP contribution is -2.35. The van der Waals surface area contributed by atoms with Gasteiger partial charge in [-0.05, 0) is 48.9 Å². The molecule has 0 spiro atoms. The molecule has 2 atom stereocenters. The second-order valence-electron chi connectivity index (χ2n) is 6.74. The van der Waals surface area contributed by atoms with E-state index in [1.165, 1.54) is 49.3 Å². The van der Waals surface area contributed by atoms with Crippen LogP contribution in [-0.2, 0) is 9.59 Å². The molecule has 29 heavy (non-hydrogen) atoms. The number of likely N-dealkylation sites (tertiary alicyclic amines) is 1. The van der Waals surface area contributed by atoms with Crippen LogP contribution in [0.5, 0.6) is 11.5 Å². The molecular weight excluding hydrogens is 398 g/mol. The van der Waals surface area contributed by atoms with Crippen molar-refractivity contribution < 1.29 is 29.6 Å². The Morgan fingerprint density at radius 2 is 1.86 bits per heavy atom. The van der Waals surface area contributed by atoms with Crippen molar-refractivity contribution in [2.75, 3.05) is 13.7 Å². The van der Waals surface area contributed by atoms with Crippen molar-refractivity contribution in [2.45, 2.75) is 19.1 Å². The van der Waals surface area contributed by atoms with Gasteiger partial charge < -0.3 is 25.0 Å². The van der Waals surface area contributed by atoms with Gasteiger partial charge in [-0.2, -0.15) is 0 Å². The number of hydrogen-bond acceptors (Lipinski definition) is 6. The van der Waals surface area contributed by atoms with Crippen LogP contribution in [0.3, 0.4) is 0 Å². The second-order valence-corrected chi connectivity index (χ2v) is 7.18. The minimum Gasteiger partial charge on any atom is -0.507 e. The van der Waals surface area contributed by atoms with Gasteiger partial charge in [0.2, 0.25) is 0 Å². The molecule has 0 unspecified atom stereocenters. The Morgan fingerprint density at radius 3 is 2.45 bits per heavy atom. The molecule has 3 rings (SSSR count). The molecule has 1 saturated heterocycles. The normalized spacial score (nSPS) is 19.4. The lowest BCUT2D eigenvalue weighted by Gasteiger charge is -2.26. The largest absolute Gasteiger partial charge is 0.507 e. The van der Waals surface area contributed by atoms with Gasteiger partial charge in [0.05, 0.1) is 24.8 Å². The average Bonchev–Trinajstić information content (AvgIpc) is 2.93. The molecule has 1 fully saturated rings. The number of ether oxygens (including phenoxy) is 1. The summed E-state index contributed by atoms with van der Waals surface area (Å²) < 4.78 is 5.13. The third-order valence-corrected chi connectivity index (χ3v) is 4.89. The maximum atomic E-state index is 12.8. The number of β-amino-alcohol motifs (C(OH)–C–C–N with tert-alkyl or cyclic N) is 1. The third kappa shape index (κ3) is 3.92. The standard InChI is InChI=1S/C21H20ClNO6/c1-11(24)10-23-18(13-5-8-15(25)16(9-13)29-2)17(20(27)21(23)28)19(26)12-3-6-14(22)7-4-12/h3-9,11,18,24-26H,10H2,1-2H3/t11-,18-/m0/s1. The first kappa shape index (κ1) is 20.7. The van der Waals surface area contributed by atoms with Crippen molar-refractivity contribution in [2.24, 2.45) is 0 Å². The van der Waals surface area contributed by atoms with Crippen LogP contribution in [0.4, 0.5) is 0 Å². The number of halogens is 1. The van der Waals surface area contributed by atoms with Gasteiger partial charge in [-0.15, -0.1) is 0 Å². The van der Waals surface area contributed by atoms with Gasteiger partial charge in [0.15, 0.2) is 11.5 Å². The van der Waals surface area contributed by atoms with Crippen LogP contribution >= 0.6 is 11.6 Å². The van der Waals surface area contributed by atoms with E-state index in [-0.39, 0.29) is 29.4 Å². The number of aliphatic hydroxyl groups is 2. The highest BCUT2D eigenvalue weighted by molar-refractivity contribution is 6.46. The highest BCUT2D eigenvalue weighted by atomic mass is 35.5. The van der Waals surface area contributed by atoms with E-state index in [1.807, 2.05) is 0 Å². The van der Waals surface area contributed by atoms with Crippen molar-refractivity contribution in [3.8, 4) is 11.5 Å². The summed E-state index contributed by atoms with van der Waals surface area (Å²) in [4.78, 5) is 26.6. The molecule has 0 radical (unpaired) electrons. The SMILES string of the molecule is COc1cc([C@H]2C(=C(O)c3ccc(Cl)cc3)C(=O)C(=O)N2C[C@H](C)O)ccc1O. The fourth-order valence-corrected chi connectivity index (χ4v) is 3.45. The zero-order valence-electron chi connectivity index (χ0n) is 15.8. The first-order chi connectivity index (χ1) is 13.7. The summed E-state index contributed by atoms with van der Waals surface area (Å²) in [6, 6.07) is 9.60. The summed E-state index contributed by atoms with van der Waals surface area (Å²) in [6.45, 7) is 1.38. The average molecular weight is 418 g/mol. The maximum absolute atomic E-state index is 12.8. The number of methoxy groups -OCH3 is 1. The van der Waals surface area contributed by atoms with Crippen molar-refractivity contribution >= 4 is 29.1 Å². The minimum absolute atomic E-state index is 0.110. The zero-order valence-corrected chi connectivity index (χ0v) is 16.6. The Labute approximate surface area is 172 Å². The topological polar surface area (TPSA) is 107 Å². The van der Waals surface area contributed by atoms with E-state index in [0.717, 1.165) is 0 Å². The number of ketones is 1. The Morgan fingerprint density at radius 1 is 1.21 bits per heavy atom. The van der Waals surface area contributed by atoms with Crippen molar-refractivity contribution in [3.05, 3.63) is 64.2 Å². The van der Waals surface area contributed by atoms with Gasteiger partial charge in [0.25, 0.3) is 11.7 Å². The number of phenolic OH excluding ortho intramolecular Hbond substituents is 1. The van der Waals surface area contributed by atoms with E-state index in [1.54, 1.807) is 12.1 Å². The predicted octanol–water partition coefficient (Wildman–Crippen LogP) is 2.86. The molecule has 0 bridgehead atoms. The van der Waals surface area contributed by atoms with Gasteiger partial charge in [-0.25, -0.2) is 0 Å². The summed E-state index contributed by atoms with van der Waals surface area (Å²) in [5.41, 5.74) is 0.640. The molecule has 1 aliphatic heterocycles. The monoisotopic (exact) mass is 417 g/mol. The van der Waals surface area contributed by atoms with Gasteiger partial charge in [0, 0.05) is 17.1 Å². The highest BCUT2D eigenvalue weighted by Gasteiger charge is 2.46. The van der Waals surface area contributed by atoms with E-state index in [2.05, 4.69) is 0 Å². The van der Waals surface area contributed by atoms with Crippen molar-refractivity contribution in [1.82, 2.24) is 4.90 Å². The summed E-state index contributed by atoms with van der Waals surface area (Å²) >= 11 is 5.89. The van der Waals surface area contributed by atoms with Gasteiger partial charge in [-0.1, -0.05) is 17.7 Å². The number of phenols is 1. The number of carbonyl (C=O) groups excluding carboxylic acids is 2. The number of nitrogens with zero attached hydrogens (tertiary/aromatic N) is 1. The first-order valence-electron chi connectivity index (χ1n) is 8.84. The lowest BCUT2D eigenvalue weighted by molar-refractivity contribution is -0.140. The zero-order chi connectivity index (χ0) is 21.3. The highest BCUT2D eigenvalue weighted by Crippen LogP contribution is 2.41. The summed E-state index contributed by atoms with van der Waals surface area (Å²) in [5, 5.41) is 31.0. The Hall–Kier alpha value is -3.03. The fourth-order valence-electron chi connectivity index (χ4n) is 3.33. The molecule has 0 aliphatic carbocycles. The van der Waals surface area contributed by atoms with Gasteiger partial charge in [-0.3, -0.25) is 9.59 Å². The van der Waals surface area contributed by atoms with E-state index in [9.17, 15) is 24.9 Å². The van der Waals surface area contributed by atoms with Crippen LogP contribution in [0.15, 0.2) is 48.0 Å². The molecule has 2 aromatic rings. The molecule has 7 nitrogen and oxygen atoms in total. The van der Waals surface area contributed by atoms with Crippen LogP contribution in [0.2, 0.25) is 5.02 Å². The van der Waals surface area contributed by atoms with Crippen molar-refractivity contribution in [1.29, 1.82) is 0 Å². The van der Waals surface area contributed by atoms with Crippen LogP contribution in [0, 0.1) is 0 Å². The second kappa shape index (κ2) is 8.14. The number of hydrogen-bond donors (Lipinski definition) is 3.